The highest BCUT2D eigenvalue weighted by molar-refractivity contribution is 4.90. The molecule has 0 spiro atoms. The highest BCUT2D eigenvalue weighted by Gasteiger charge is 2.45. The van der Waals surface area contributed by atoms with Crippen molar-refractivity contribution in [3.05, 3.63) is 0 Å². The summed E-state index contributed by atoms with van der Waals surface area (Å²) in [4.78, 5) is 0. The lowest BCUT2D eigenvalue weighted by Crippen LogP contribution is -2.38. The van der Waals surface area contributed by atoms with Gasteiger partial charge in [-0.3, -0.25) is 0 Å². The number of hydrogen-bond donors (Lipinski definition) is 5. The molecule has 8 heteroatoms. The van der Waals surface area contributed by atoms with Crippen molar-refractivity contribution in [2.24, 2.45) is 0 Å². The summed E-state index contributed by atoms with van der Waals surface area (Å²) < 4.78 is 15.6. The fourth-order valence-electron chi connectivity index (χ4n) is 2.26. The van der Waals surface area contributed by atoms with Crippen molar-refractivity contribution >= 4 is 0 Å². The summed E-state index contributed by atoms with van der Waals surface area (Å²) in [5.41, 5.74) is 0. The maximum atomic E-state index is 9.67. The predicted octanol–water partition coefficient (Wildman–Crippen LogP) is -3.05. The summed E-state index contributed by atoms with van der Waals surface area (Å²) >= 11 is 0. The maximum Gasteiger partial charge on any atom is 0.186 e. The Kier molecular flexibility index (Phi) is 4.75. The molecule has 0 aliphatic carbocycles. The van der Waals surface area contributed by atoms with Crippen LogP contribution in [0.3, 0.4) is 0 Å². The monoisotopic (exact) mass is 280 g/mol. The van der Waals surface area contributed by atoms with Gasteiger partial charge in [-0.15, -0.1) is 0 Å². The number of aliphatic hydroxyl groups is 5. The van der Waals surface area contributed by atoms with E-state index in [1.165, 1.54) is 0 Å². The Hall–Kier alpha value is -0.320. The van der Waals surface area contributed by atoms with Gasteiger partial charge in [0.15, 0.2) is 6.29 Å². The van der Waals surface area contributed by atoms with E-state index >= 15 is 0 Å². The summed E-state index contributed by atoms with van der Waals surface area (Å²) in [5.74, 6) is 0. The minimum absolute atomic E-state index is 0.102. The van der Waals surface area contributed by atoms with Gasteiger partial charge in [0, 0.05) is 0 Å². The molecule has 0 bridgehead atoms. The Morgan fingerprint density at radius 3 is 2.00 bits per heavy atom. The molecule has 2 heterocycles. The third kappa shape index (κ3) is 2.91. The molecule has 0 aromatic rings. The van der Waals surface area contributed by atoms with Crippen molar-refractivity contribution in [3.63, 3.8) is 0 Å². The van der Waals surface area contributed by atoms with Gasteiger partial charge in [0.2, 0.25) is 0 Å². The van der Waals surface area contributed by atoms with Crippen LogP contribution in [-0.4, -0.2) is 87.8 Å². The Labute approximate surface area is 110 Å². The highest BCUT2D eigenvalue weighted by atomic mass is 16.7. The molecule has 2 aliphatic heterocycles. The Morgan fingerprint density at radius 1 is 0.895 bits per heavy atom. The van der Waals surface area contributed by atoms with Gasteiger partial charge in [0.25, 0.3) is 0 Å². The zero-order valence-corrected chi connectivity index (χ0v) is 10.5. The van der Waals surface area contributed by atoms with Gasteiger partial charge in [-0.1, -0.05) is 0 Å². The van der Waals surface area contributed by atoms with E-state index in [1.807, 2.05) is 0 Å². The van der Waals surface area contributed by atoms with Crippen molar-refractivity contribution in [3.8, 4) is 0 Å². The molecule has 0 saturated carbocycles. The lowest BCUT2D eigenvalue weighted by molar-refractivity contribution is -0.188. The largest absolute Gasteiger partial charge is 0.394 e. The zero-order valence-electron chi connectivity index (χ0n) is 10.5. The van der Waals surface area contributed by atoms with Gasteiger partial charge in [0.05, 0.1) is 19.3 Å². The zero-order chi connectivity index (χ0) is 14.2. The molecular formula is C11H20O8. The van der Waals surface area contributed by atoms with Crippen molar-refractivity contribution in [1.82, 2.24) is 0 Å². The highest BCUT2D eigenvalue weighted by Crippen LogP contribution is 2.25. The van der Waals surface area contributed by atoms with E-state index in [0.717, 1.165) is 0 Å². The molecule has 2 saturated heterocycles. The van der Waals surface area contributed by atoms with Crippen molar-refractivity contribution in [2.45, 2.75) is 55.9 Å². The second-order valence-corrected chi connectivity index (χ2v) is 4.90. The van der Waals surface area contributed by atoms with Crippen LogP contribution in [0.5, 0.6) is 0 Å². The third-order valence-electron chi connectivity index (χ3n) is 3.52. The molecule has 0 radical (unpaired) electrons. The van der Waals surface area contributed by atoms with Crippen molar-refractivity contribution < 1.29 is 39.7 Å². The molecule has 8 nitrogen and oxygen atoms in total. The number of hydrogen-bond acceptors (Lipinski definition) is 8. The Morgan fingerprint density at radius 2 is 1.53 bits per heavy atom. The number of ether oxygens (including phenoxy) is 3. The molecule has 2 unspecified atom stereocenters. The molecule has 0 aromatic carbocycles. The van der Waals surface area contributed by atoms with Crippen LogP contribution < -0.4 is 0 Å². The Bertz CT molecular complexity index is 300. The normalized spacial score (nSPS) is 50.8. The lowest BCUT2D eigenvalue weighted by atomic mass is 10.1. The molecule has 2 aliphatic rings. The summed E-state index contributed by atoms with van der Waals surface area (Å²) in [5, 5.41) is 47.3. The van der Waals surface area contributed by atoms with E-state index < -0.39 is 55.6 Å². The topological polar surface area (TPSA) is 129 Å². The lowest BCUT2D eigenvalue weighted by Gasteiger charge is -2.20. The fraction of sp³-hybridized carbons (Fsp3) is 1.00. The van der Waals surface area contributed by atoms with Crippen LogP contribution >= 0.6 is 0 Å². The van der Waals surface area contributed by atoms with E-state index in [1.54, 1.807) is 6.92 Å². The summed E-state index contributed by atoms with van der Waals surface area (Å²) in [6, 6.07) is 0. The summed E-state index contributed by atoms with van der Waals surface area (Å²) in [7, 11) is 0. The van der Waals surface area contributed by atoms with Gasteiger partial charge in [-0.2, -0.15) is 0 Å². The van der Waals surface area contributed by atoms with Gasteiger partial charge < -0.3 is 39.7 Å². The minimum Gasteiger partial charge on any atom is -0.394 e. The van der Waals surface area contributed by atoms with Crippen LogP contribution in [0, 0.1) is 0 Å². The summed E-state index contributed by atoms with van der Waals surface area (Å²) in [6.45, 7) is 1.09. The molecule has 2 rings (SSSR count). The molecular weight excluding hydrogens is 260 g/mol. The minimum atomic E-state index is -1.28. The van der Waals surface area contributed by atoms with Crippen molar-refractivity contribution in [2.75, 3.05) is 13.2 Å². The fourth-order valence-corrected chi connectivity index (χ4v) is 2.26. The molecule has 112 valence electrons. The quantitative estimate of drug-likeness (QED) is 0.367. The number of aliphatic hydroxyl groups excluding tert-OH is 5. The van der Waals surface area contributed by atoms with Crippen molar-refractivity contribution in [1.29, 1.82) is 0 Å². The van der Waals surface area contributed by atoms with Crippen LogP contribution in [-0.2, 0) is 14.2 Å². The van der Waals surface area contributed by atoms with E-state index in [9.17, 15) is 20.4 Å². The molecule has 8 atom stereocenters. The average Bonchev–Trinajstić information content (AvgIpc) is 2.81. The van der Waals surface area contributed by atoms with E-state index in [4.69, 9.17) is 19.3 Å². The second-order valence-electron chi connectivity index (χ2n) is 4.90. The Balaban J connectivity index is 1.83. The van der Waals surface area contributed by atoms with Gasteiger partial charge in [-0.25, -0.2) is 0 Å². The van der Waals surface area contributed by atoms with Crippen LogP contribution in [0.4, 0.5) is 0 Å². The van der Waals surface area contributed by atoms with Crippen LogP contribution in [0.2, 0.25) is 0 Å². The second kappa shape index (κ2) is 5.98. The molecule has 0 aromatic heterocycles. The first kappa shape index (κ1) is 15.1. The molecule has 5 N–H and O–H groups in total. The van der Waals surface area contributed by atoms with Gasteiger partial charge in [0.1, 0.15) is 36.6 Å². The molecule has 19 heavy (non-hydrogen) atoms. The van der Waals surface area contributed by atoms with E-state index in [0.29, 0.717) is 0 Å². The van der Waals surface area contributed by atoms with Gasteiger partial charge in [-0.05, 0) is 6.92 Å². The number of rotatable bonds is 4. The predicted molar refractivity (Wildman–Crippen MR) is 60.1 cm³/mol. The smallest absolute Gasteiger partial charge is 0.186 e. The third-order valence-corrected chi connectivity index (χ3v) is 3.52. The van der Waals surface area contributed by atoms with Crippen LogP contribution in [0.15, 0.2) is 0 Å². The first-order chi connectivity index (χ1) is 8.95. The van der Waals surface area contributed by atoms with Gasteiger partial charge >= 0.3 is 0 Å². The standard InChI is InChI=1S/C11H20O8/c1-4-7(13)9(15)6(18-4)3-17-11-10(16)8(14)5(2-12)19-11/h4-16H,2-3H2,1H3/t4-,5-,6-,7+,8?,9?,10-,11+/m0/s1. The molecule has 2 fully saturated rings. The summed E-state index contributed by atoms with van der Waals surface area (Å²) in [6.07, 6.45) is -7.81. The van der Waals surface area contributed by atoms with E-state index in [-0.39, 0.29) is 6.61 Å². The maximum absolute atomic E-state index is 9.67. The van der Waals surface area contributed by atoms with Crippen LogP contribution in [0.25, 0.3) is 0 Å². The van der Waals surface area contributed by atoms with E-state index in [2.05, 4.69) is 0 Å². The SMILES string of the molecule is C[C@@H]1O[C@@H](CO[C@@H]2O[C@@H](CO)C(O)[C@@H]2O)C(O)[C@@H]1O. The van der Waals surface area contributed by atoms with Crippen LogP contribution in [0.1, 0.15) is 6.92 Å². The average molecular weight is 280 g/mol. The molecule has 0 amide bonds. The first-order valence-corrected chi connectivity index (χ1v) is 6.21. The first-order valence-electron chi connectivity index (χ1n) is 6.21.